The number of phenols is 1. The third-order valence-electron chi connectivity index (χ3n) is 16.8. The van der Waals surface area contributed by atoms with Gasteiger partial charge in [0.05, 0.1) is 33.8 Å². The molecule has 2 saturated heterocycles. The van der Waals surface area contributed by atoms with Crippen LogP contribution in [-0.2, 0) is 80.4 Å². The molecule has 2 spiro atoms. The molecule has 0 unspecified atom stereocenters. The summed E-state index contributed by atoms with van der Waals surface area (Å²) in [5.41, 5.74) is -5.29. The summed E-state index contributed by atoms with van der Waals surface area (Å²) in [6.45, 7) is 22.9. The molecule has 5 aromatic carbocycles. The van der Waals surface area contributed by atoms with Crippen LogP contribution in [0, 0.1) is 13.8 Å². The topological polar surface area (TPSA) is 275 Å². The molecule has 103 heavy (non-hydrogen) atoms. The fraction of sp³-hybridized carbons (Fsp3) is 0.479. The number of amides is 4. The van der Waals surface area contributed by atoms with Crippen LogP contribution in [0.15, 0.2) is 113 Å². The van der Waals surface area contributed by atoms with Gasteiger partial charge in [-0.05, 0) is 224 Å². The van der Waals surface area contributed by atoms with E-state index in [9.17, 15) is 77.1 Å². The lowest BCUT2D eigenvalue weighted by atomic mass is 9.88. The number of aromatic hydroxyl groups is 1. The first-order chi connectivity index (χ1) is 47.4. The van der Waals surface area contributed by atoms with E-state index in [0.29, 0.717) is 44.2 Å². The van der Waals surface area contributed by atoms with Crippen molar-refractivity contribution < 1.29 is 101 Å². The molecule has 4 aliphatic heterocycles. The molecule has 4 amide bonds. The number of sulfonamides is 2. The van der Waals surface area contributed by atoms with Gasteiger partial charge in [-0.2, -0.15) is 36.1 Å². The maximum Gasteiger partial charge on any atom is 0.423 e. The molecule has 22 nitrogen and oxygen atoms in total. The Labute approximate surface area is 595 Å². The predicted octanol–water partition coefficient (Wildman–Crippen LogP) is 13.1. The number of amidine groups is 2. The van der Waals surface area contributed by atoms with Crippen molar-refractivity contribution in [3.8, 4) is 11.5 Å². The molecule has 0 aromatic heterocycles. The van der Waals surface area contributed by atoms with Crippen LogP contribution in [-0.4, -0.2) is 159 Å². The lowest BCUT2D eigenvalue weighted by Crippen LogP contribution is -2.53. The average Bonchev–Trinajstić information content (AvgIpc) is 1.59. The van der Waals surface area contributed by atoms with Gasteiger partial charge in [-0.15, -0.1) is 0 Å². The van der Waals surface area contributed by atoms with Crippen LogP contribution < -0.4 is 4.74 Å². The fourth-order valence-corrected chi connectivity index (χ4v) is 14.7. The van der Waals surface area contributed by atoms with E-state index in [2.05, 4.69) is 9.98 Å². The average molecular weight is 1480 g/mol. The van der Waals surface area contributed by atoms with Crippen molar-refractivity contribution in [2.24, 2.45) is 9.98 Å². The summed E-state index contributed by atoms with van der Waals surface area (Å²) in [5, 5.41) is 10.1. The number of imide groups is 2. The number of phenolic OH excluding ortho intramolecular Hbond substituents is 1. The Morgan fingerprint density at radius 2 is 0.864 bits per heavy atom. The number of nitrogens with zero attached hydrogens (tertiary/aromatic N) is 6. The van der Waals surface area contributed by atoms with Gasteiger partial charge in [-0.1, -0.05) is 42.5 Å². The summed E-state index contributed by atoms with van der Waals surface area (Å²) in [4.78, 5) is 90.0. The molecule has 4 aliphatic rings. The highest BCUT2D eigenvalue weighted by molar-refractivity contribution is 7.89. The molecule has 9 rings (SSSR count). The fourth-order valence-electron chi connectivity index (χ4n) is 11.7. The highest BCUT2D eigenvalue weighted by atomic mass is 32.2. The van der Waals surface area contributed by atoms with E-state index in [1.54, 1.807) is 164 Å². The largest absolute Gasteiger partial charge is 0.508 e. The van der Waals surface area contributed by atoms with Gasteiger partial charge in [-0.3, -0.25) is 19.6 Å². The van der Waals surface area contributed by atoms with Crippen molar-refractivity contribution in [1.29, 1.82) is 0 Å². The monoisotopic (exact) mass is 1480 g/mol. The first-order valence-electron chi connectivity index (χ1n) is 33.1. The van der Waals surface area contributed by atoms with E-state index in [1.165, 1.54) is 14.7 Å². The summed E-state index contributed by atoms with van der Waals surface area (Å²) >= 11 is 0. The van der Waals surface area contributed by atoms with Crippen molar-refractivity contribution in [2.75, 3.05) is 37.7 Å². The number of rotatable bonds is 15. The van der Waals surface area contributed by atoms with Crippen molar-refractivity contribution in [3.05, 3.63) is 164 Å². The van der Waals surface area contributed by atoms with Crippen LogP contribution in [0.4, 0.5) is 35.9 Å². The summed E-state index contributed by atoms with van der Waals surface area (Å²) in [7, 11) is -7.69. The number of carbonyl (C=O) groups excluding carboxylic acids is 6. The normalized spacial score (nSPS) is 17.0. The third-order valence-corrected chi connectivity index (χ3v) is 20.5. The van der Waals surface area contributed by atoms with E-state index in [-0.39, 0.29) is 106 Å². The molecule has 30 heteroatoms. The lowest BCUT2D eigenvalue weighted by molar-refractivity contribution is -0.138. The molecule has 1 N–H and O–H groups in total. The summed E-state index contributed by atoms with van der Waals surface area (Å²) < 4.78 is 167. The zero-order valence-corrected chi connectivity index (χ0v) is 61.5. The van der Waals surface area contributed by atoms with Crippen molar-refractivity contribution >= 4 is 67.7 Å². The smallest absolute Gasteiger partial charge is 0.423 e. The predicted molar refractivity (Wildman–Crippen MR) is 369 cm³/mol. The van der Waals surface area contributed by atoms with Crippen LogP contribution in [0.25, 0.3) is 0 Å². The number of aliphatic imine (C=N–C) groups is 2. The Bertz CT molecular complexity index is 4380. The molecule has 558 valence electrons. The minimum absolute atomic E-state index is 0.0476. The van der Waals surface area contributed by atoms with Crippen LogP contribution in [0.5, 0.6) is 11.5 Å². The van der Waals surface area contributed by atoms with Gasteiger partial charge in [0.25, 0.3) is 11.8 Å². The van der Waals surface area contributed by atoms with Gasteiger partial charge in [-0.25, -0.2) is 44.6 Å². The molecular formula is C73H86F6N6O16S2. The minimum atomic E-state index is -4.84. The van der Waals surface area contributed by atoms with Crippen LogP contribution in [0.1, 0.15) is 180 Å². The molecule has 4 heterocycles. The maximum atomic E-state index is 14.2. The Morgan fingerprint density at radius 1 is 0.495 bits per heavy atom. The Balaban J connectivity index is 0.000000264. The molecular weight excluding hydrogens is 1390 g/mol. The quantitative estimate of drug-likeness (QED) is 0.0579. The number of piperidine rings is 2. The molecule has 2 fully saturated rings. The van der Waals surface area contributed by atoms with Crippen LogP contribution >= 0.6 is 0 Å². The van der Waals surface area contributed by atoms with Gasteiger partial charge in [0, 0.05) is 37.3 Å². The molecule has 0 aliphatic carbocycles. The lowest BCUT2D eigenvalue weighted by Gasteiger charge is -2.35. The SMILES string of the molecule is Cc1cc(C(=O)OC(C)(C)C)ccc1CCS(=O)(=O)N1CCC2(CC1)N=C(c1cc(O)cc(C(F)(F)F)c1)N(C(=O)OC(C)(C)C)C2=O.Cc1cc(C(=O)OC(C)(C)C)ccc1CCS(=O)(=O)N1CCC2(CC1)N=C(c1cc(OCc3ccccc3)cc(C(F)(F)F)c1)N(C(=O)OC(C)(C)C)C2=O. The Kier molecular flexibility index (Phi) is 23.1. The summed E-state index contributed by atoms with van der Waals surface area (Å²) in [5.74, 6) is -4.87. The first kappa shape index (κ1) is 80.0. The molecule has 0 bridgehead atoms. The summed E-state index contributed by atoms with van der Waals surface area (Å²) in [6.07, 6.45) is -12.2. The van der Waals surface area contributed by atoms with Gasteiger partial charge in [0.15, 0.2) is 0 Å². The van der Waals surface area contributed by atoms with E-state index in [0.717, 1.165) is 34.9 Å². The molecule has 0 atom stereocenters. The molecule has 0 saturated carbocycles. The standard InChI is InChI=1S/C40H46F3N3O8S.C33H40F3N3O8S/c1-26-21-29(34(47)53-37(2,3)4)14-13-28(26)15-20-55(50,51)45-18-16-39(17-19-45)35(48)46(36(49)54-38(5,6)7)33(44-39)30-22-31(40(41,42)43)24-32(23-30)52-25-27-11-9-8-10-12-27;1-20-16-22(27(41)46-30(2,3)4)9-8-21(20)10-15-48(44,45)38-13-11-32(12-14-38)28(42)39(29(43)47-31(5,6)7)26(37-32)23-17-24(33(34,35)36)19-25(40)18-23/h8-14,21-24H,15-20,25H2,1-7H3;8-9,16-19,40H,10-15H2,1-7H3. The number of esters is 2. The second-order valence-corrected chi connectivity index (χ2v) is 33.9. The summed E-state index contributed by atoms with van der Waals surface area (Å²) in [6, 6.07) is 23.7. The second-order valence-electron chi connectivity index (χ2n) is 29.7. The first-order valence-corrected chi connectivity index (χ1v) is 36.4. The number of benzene rings is 5. The van der Waals surface area contributed by atoms with E-state index < -0.39 is 125 Å². The maximum absolute atomic E-state index is 14.2. The zero-order chi connectivity index (χ0) is 76.6. The minimum Gasteiger partial charge on any atom is -0.508 e. The van der Waals surface area contributed by atoms with E-state index >= 15 is 0 Å². The number of alkyl halides is 6. The van der Waals surface area contributed by atoms with E-state index in [4.69, 9.17) is 23.7 Å². The Hall–Kier alpha value is -8.74. The highest BCUT2D eigenvalue weighted by Crippen LogP contribution is 2.42. The second kappa shape index (κ2) is 29.8. The van der Waals surface area contributed by atoms with Gasteiger partial charge < -0.3 is 28.8 Å². The van der Waals surface area contributed by atoms with Crippen molar-refractivity contribution in [1.82, 2.24) is 18.4 Å². The Morgan fingerprint density at radius 3 is 1.22 bits per heavy atom. The number of carbonyl (C=O) groups is 6. The van der Waals surface area contributed by atoms with Gasteiger partial charge in [0.1, 0.15) is 63.3 Å². The van der Waals surface area contributed by atoms with E-state index in [1.807, 2.05) is 0 Å². The van der Waals surface area contributed by atoms with Gasteiger partial charge >= 0.3 is 36.5 Å². The number of hydrogen-bond donors (Lipinski definition) is 1. The number of halogens is 6. The third kappa shape index (κ3) is 20.2. The molecule has 0 radical (unpaired) electrons. The van der Waals surface area contributed by atoms with Crippen molar-refractivity contribution in [2.45, 2.75) is 188 Å². The van der Waals surface area contributed by atoms with Crippen molar-refractivity contribution in [3.63, 3.8) is 0 Å². The molecule has 5 aromatic rings. The number of hydrogen-bond acceptors (Lipinski definition) is 18. The van der Waals surface area contributed by atoms with Crippen LogP contribution in [0.2, 0.25) is 0 Å². The number of aryl methyl sites for hydroxylation is 4. The van der Waals surface area contributed by atoms with Crippen LogP contribution in [0.3, 0.4) is 0 Å². The number of ether oxygens (including phenoxy) is 5. The van der Waals surface area contributed by atoms with Gasteiger partial charge in [0.2, 0.25) is 20.0 Å². The highest BCUT2D eigenvalue weighted by Gasteiger charge is 2.56. The zero-order valence-electron chi connectivity index (χ0n) is 59.8.